The lowest BCUT2D eigenvalue weighted by Crippen LogP contribution is -2.56. The molecule has 0 bridgehead atoms. The van der Waals surface area contributed by atoms with Crippen LogP contribution >= 0.6 is 0 Å². The van der Waals surface area contributed by atoms with Crippen LogP contribution in [0.3, 0.4) is 0 Å². The van der Waals surface area contributed by atoms with E-state index >= 15 is 0 Å². The van der Waals surface area contributed by atoms with E-state index in [1.807, 2.05) is 6.07 Å². The van der Waals surface area contributed by atoms with Gasteiger partial charge in [0.25, 0.3) is 5.91 Å². The van der Waals surface area contributed by atoms with E-state index in [1.54, 1.807) is 18.5 Å². The lowest BCUT2D eigenvalue weighted by molar-refractivity contribution is -0.137. The van der Waals surface area contributed by atoms with Crippen molar-refractivity contribution >= 4 is 11.8 Å². The lowest BCUT2D eigenvalue weighted by atomic mass is 9.89. The molecule has 2 amide bonds. The second kappa shape index (κ2) is 8.90. The van der Waals surface area contributed by atoms with Crippen molar-refractivity contribution in [2.45, 2.75) is 56.6 Å². The minimum Gasteiger partial charge on any atom is -0.353 e. The highest BCUT2D eigenvalue weighted by atomic mass is 19.4. The third-order valence-corrected chi connectivity index (χ3v) is 6.04. The van der Waals surface area contributed by atoms with Crippen molar-refractivity contribution in [1.29, 1.82) is 0 Å². The number of carbonyl (C=O) groups is 2. The fourth-order valence-corrected chi connectivity index (χ4v) is 4.45. The van der Waals surface area contributed by atoms with Crippen molar-refractivity contribution in [3.63, 3.8) is 0 Å². The number of nitrogens with one attached hydrogen (secondary N) is 1. The van der Waals surface area contributed by atoms with E-state index in [9.17, 15) is 22.8 Å². The molecule has 1 saturated carbocycles. The summed E-state index contributed by atoms with van der Waals surface area (Å²) in [6.07, 6.45) is 2.38. The van der Waals surface area contributed by atoms with Crippen LogP contribution in [0.4, 0.5) is 13.2 Å². The normalized spacial score (nSPS) is 20.3. The molecule has 1 aliphatic heterocycles. The number of pyridine rings is 1. The quantitative estimate of drug-likeness (QED) is 0.771. The smallest absolute Gasteiger partial charge is 0.353 e. The molecule has 0 unspecified atom stereocenters. The molecule has 2 aliphatic rings. The Labute approximate surface area is 183 Å². The molecular formula is C23H24F3N3O3. The summed E-state index contributed by atoms with van der Waals surface area (Å²) in [7, 11) is 0. The zero-order valence-electron chi connectivity index (χ0n) is 17.4. The van der Waals surface area contributed by atoms with Crippen LogP contribution in [0.15, 0.2) is 48.8 Å². The number of amides is 2. The van der Waals surface area contributed by atoms with Gasteiger partial charge in [0.15, 0.2) is 0 Å². The van der Waals surface area contributed by atoms with Gasteiger partial charge in [-0.05, 0) is 55.5 Å². The molecule has 170 valence electrons. The molecule has 0 radical (unpaired) electrons. The van der Waals surface area contributed by atoms with Crippen LogP contribution in [0.1, 0.15) is 53.6 Å². The number of alkyl halides is 3. The van der Waals surface area contributed by atoms with Gasteiger partial charge < -0.3 is 10.1 Å². The molecule has 2 aromatic rings. The SMILES string of the molecule is O=C(NCc1cccnc1)[C@H]1COC2(CCCCC2)N1C(=O)c1cccc(C(F)(F)F)c1. The monoisotopic (exact) mass is 447 g/mol. The Balaban J connectivity index is 1.61. The first-order valence-corrected chi connectivity index (χ1v) is 10.6. The van der Waals surface area contributed by atoms with Crippen molar-refractivity contribution in [2.75, 3.05) is 6.61 Å². The molecule has 1 N–H and O–H groups in total. The van der Waals surface area contributed by atoms with Crippen LogP contribution in [0, 0.1) is 0 Å². The molecule has 2 fully saturated rings. The fourth-order valence-electron chi connectivity index (χ4n) is 4.45. The number of hydrogen-bond donors (Lipinski definition) is 1. The van der Waals surface area contributed by atoms with Crippen LogP contribution in [-0.4, -0.2) is 40.1 Å². The van der Waals surface area contributed by atoms with Gasteiger partial charge in [-0.25, -0.2) is 0 Å². The van der Waals surface area contributed by atoms with Crippen molar-refractivity contribution in [3.8, 4) is 0 Å². The van der Waals surface area contributed by atoms with Crippen LogP contribution in [0.25, 0.3) is 0 Å². The van der Waals surface area contributed by atoms with Gasteiger partial charge in [-0.3, -0.25) is 19.5 Å². The van der Waals surface area contributed by atoms with E-state index in [1.165, 1.54) is 17.0 Å². The van der Waals surface area contributed by atoms with Gasteiger partial charge in [-0.2, -0.15) is 13.2 Å². The number of benzene rings is 1. The highest BCUT2D eigenvalue weighted by Gasteiger charge is 2.53. The average Bonchev–Trinajstić information content (AvgIpc) is 3.16. The molecule has 1 spiro atoms. The predicted octanol–water partition coefficient (Wildman–Crippen LogP) is 3.92. The van der Waals surface area contributed by atoms with Crippen LogP contribution in [0.2, 0.25) is 0 Å². The van der Waals surface area contributed by atoms with Crippen molar-refractivity contribution < 1.29 is 27.5 Å². The van der Waals surface area contributed by atoms with Crippen LogP contribution in [-0.2, 0) is 22.3 Å². The summed E-state index contributed by atoms with van der Waals surface area (Å²) in [4.78, 5) is 31.9. The largest absolute Gasteiger partial charge is 0.416 e. The highest BCUT2D eigenvalue weighted by Crippen LogP contribution is 2.41. The van der Waals surface area contributed by atoms with E-state index in [0.717, 1.165) is 37.0 Å². The summed E-state index contributed by atoms with van der Waals surface area (Å²) >= 11 is 0. The van der Waals surface area contributed by atoms with Gasteiger partial charge in [-0.1, -0.05) is 18.6 Å². The number of hydrogen-bond acceptors (Lipinski definition) is 4. The van der Waals surface area contributed by atoms with E-state index in [0.29, 0.717) is 12.8 Å². The standard InChI is InChI=1S/C23H24F3N3O3/c24-23(25,26)18-8-4-7-17(12-18)21(31)29-19(15-32-22(29)9-2-1-3-10-22)20(30)28-14-16-6-5-11-27-13-16/h4-8,11-13,19H,1-3,9-10,14-15H2,(H,28,30)/t19-/m1/s1. The number of halogens is 3. The first kappa shape index (κ1) is 22.3. The summed E-state index contributed by atoms with van der Waals surface area (Å²) in [5.74, 6) is -1.03. The van der Waals surface area contributed by atoms with E-state index < -0.39 is 35.3 Å². The fraction of sp³-hybridized carbons (Fsp3) is 0.435. The zero-order chi connectivity index (χ0) is 22.8. The van der Waals surface area contributed by atoms with Gasteiger partial charge >= 0.3 is 6.18 Å². The minimum atomic E-state index is -4.57. The summed E-state index contributed by atoms with van der Waals surface area (Å²) in [6.45, 7) is 0.228. The maximum absolute atomic E-state index is 13.5. The molecule has 6 nitrogen and oxygen atoms in total. The van der Waals surface area contributed by atoms with E-state index in [-0.39, 0.29) is 18.7 Å². The molecule has 1 aromatic heterocycles. The summed E-state index contributed by atoms with van der Waals surface area (Å²) < 4.78 is 45.6. The van der Waals surface area contributed by atoms with Gasteiger partial charge in [-0.15, -0.1) is 0 Å². The zero-order valence-corrected chi connectivity index (χ0v) is 17.4. The Morgan fingerprint density at radius 3 is 2.62 bits per heavy atom. The molecular weight excluding hydrogens is 423 g/mol. The number of carbonyl (C=O) groups excluding carboxylic acids is 2. The first-order valence-electron chi connectivity index (χ1n) is 10.6. The topological polar surface area (TPSA) is 71.5 Å². The Bertz CT molecular complexity index is 975. The third-order valence-electron chi connectivity index (χ3n) is 6.04. The van der Waals surface area contributed by atoms with Gasteiger partial charge in [0, 0.05) is 24.5 Å². The Morgan fingerprint density at radius 1 is 1.16 bits per heavy atom. The van der Waals surface area contributed by atoms with Crippen molar-refractivity contribution in [1.82, 2.24) is 15.2 Å². The predicted molar refractivity (Wildman–Crippen MR) is 109 cm³/mol. The summed E-state index contributed by atoms with van der Waals surface area (Å²) in [5, 5.41) is 2.80. The number of aromatic nitrogens is 1. The van der Waals surface area contributed by atoms with Crippen LogP contribution < -0.4 is 5.32 Å². The second-order valence-corrected chi connectivity index (χ2v) is 8.17. The molecule has 1 aromatic carbocycles. The molecule has 32 heavy (non-hydrogen) atoms. The second-order valence-electron chi connectivity index (χ2n) is 8.17. The Morgan fingerprint density at radius 2 is 1.94 bits per heavy atom. The maximum atomic E-state index is 13.5. The van der Waals surface area contributed by atoms with Crippen molar-refractivity contribution in [2.24, 2.45) is 0 Å². The summed E-state index contributed by atoms with van der Waals surface area (Å²) in [5.41, 5.74) is -1.19. The van der Waals surface area contributed by atoms with Gasteiger partial charge in [0.2, 0.25) is 5.91 Å². The highest BCUT2D eigenvalue weighted by molar-refractivity contribution is 5.98. The number of nitrogens with zero attached hydrogens (tertiary/aromatic N) is 2. The Kier molecular flexibility index (Phi) is 6.19. The lowest BCUT2D eigenvalue weighted by Gasteiger charge is -2.41. The number of rotatable bonds is 4. The van der Waals surface area contributed by atoms with Crippen molar-refractivity contribution in [3.05, 3.63) is 65.5 Å². The molecule has 1 atom stereocenters. The maximum Gasteiger partial charge on any atom is 0.416 e. The number of ether oxygens (including phenoxy) is 1. The third kappa shape index (κ3) is 4.48. The van der Waals surface area contributed by atoms with E-state index in [4.69, 9.17) is 4.74 Å². The van der Waals surface area contributed by atoms with Crippen LogP contribution in [0.5, 0.6) is 0 Å². The molecule has 1 saturated heterocycles. The molecule has 1 aliphatic carbocycles. The Hall–Kier alpha value is -2.94. The molecule has 9 heteroatoms. The minimum absolute atomic E-state index is 0.00355. The molecule has 4 rings (SSSR count). The summed E-state index contributed by atoms with van der Waals surface area (Å²) in [6, 6.07) is 6.95. The molecule has 2 heterocycles. The van der Waals surface area contributed by atoms with E-state index in [2.05, 4.69) is 10.3 Å². The average molecular weight is 447 g/mol. The first-order chi connectivity index (χ1) is 15.3. The van der Waals surface area contributed by atoms with Gasteiger partial charge in [0.1, 0.15) is 11.8 Å². The van der Waals surface area contributed by atoms with Gasteiger partial charge in [0.05, 0.1) is 12.2 Å².